The largest absolute Gasteiger partial charge is 0.481 e. The van der Waals surface area contributed by atoms with Gasteiger partial charge in [0.15, 0.2) is 0 Å². The van der Waals surface area contributed by atoms with Crippen LogP contribution in [-0.4, -0.2) is 17.0 Å². The number of benzene rings is 1. The van der Waals surface area contributed by atoms with Gasteiger partial charge in [0.1, 0.15) is 0 Å². The summed E-state index contributed by atoms with van der Waals surface area (Å²) in [5.41, 5.74) is 0.946. The minimum atomic E-state index is -0.745. The fourth-order valence-corrected chi connectivity index (χ4v) is 4.06. The first-order chi connectivity index (χ1) is 10.1. The van der Waals surface area contributed by atoms with Crippen molar-refractivity contribution in [2.75, 3.05) is 5.32 Å². The van der Waals surface area contributed by atoms with Crippen molar-refractivity contribution in [1.82, 2.24) is 0 Å². The topological polar surface area (TPSA) is 66.4 Å². The molecule has 2 atom stereocenters. The van der Waals surface area contributed by atoms with Crippen molar-refractivity contribution in [1.29, 1.82) is 0 Å². The van der Waals surface area contributed by atoms with Gasteiger partial charge in [0.2, 0.25) is 5.91 Å². The molecule has 110 valence electrons. The van der Waals surface area contributed by atoms with Crippen molar-refractivity contribution < 1.29 is 14.7 Å². The van der Waals surface area contributed by atoms with E-state index < -0.39 is 11.4 Å². The van der Waals surface area contributed by atoms with Crippen LogP contribution >= 0.6 is 0 Å². The molecule has 2 N–H and O–H groups in total. The van der Waals surface area contributed by atoms with Crippen LogP contribution in [0.3, 0.4) is 0 Å². The van der Waals surface area contributed by atoms with Gasteiger partial charge in [-0.2, -0.15) is 0 Å². The molecule has 3 saturated carbocycles. The maximum Gasteiger partial charge on any atom is 0.314 e. The van der Waals surface area contributed by atoms with Gasteiger partial charge < -0.3 is 10.4 Å². The summed E-state index contributed by atoms with van der Waals surface area (Å²) in [5, 5.41) is 12.2. The van der Waals surface area contributed by atoms with Gasteiger partial charge in [-0.15, -0.1) is 0 Å². The molecule has 0 spiro atoms. The lowest BCUT2D eigenvalue weighted by Crippen LogP contribution is -2.20. The molecular weight excluding hydrogens is 266 g/mol. The minimum absolute atomic E-state index is 0.136. The van der Waals surface area contributed by atoms with E-state index in [2.05, 4.69) is 5.32 Å². The molecule has 21 heavy (non-hydrogen) atoms. The molecule has 4 heteroatoms. The van der Waals surface area contributed by atoms with E-state index in [9.17, 15) is 14.7 Å². The fourth-order valence-electron chi connectivity index (χ4n) is 4.06. The first-order valence-electron chi connectivity index (χ1n) is 7.77. The molecule has 0 aliphatic heterocycles. The molecule has 0 bridgehead atoms. The highest BCUT2D eigenvalue weighted by Gasteiger charge is 2.56. The van der Waals surface area contributed by atoms with Gasteiger partial charge in [0.25, 0.3) is 0 Å². The van der Waals surface area contributed by atoms with Gasteiger partial charge in [-0.05, 0) is 55.2 Å². The molecule has 0 radical (unpaired) electrons. The van der Waals surface area contributed by atoms with Gasteiger partial charge in [-0.25, -0.2) is 0 Å². The van der Waals surface area contributed by atoms with Crippen molar-refractivity contribution in [3.63, 3.8) is 0 Å². The number of fused-ring (bicyclic) bond motifs is 1. The van der Waals surface area contributed by atoms with Crippen LogP contribution < -0.4 is 5.32 Å². The number of carboxylic acid groups (broad SMARTS) is 1. The van der Waals surface area contributed by atoms with E-state index in [4.69, 9.17) is 0 Å². The molecule has 2 unspecified atom stereocenters. The van der Waals surface area contributed by atoms with E-state index in [0.29, 0.717) is 24.7 Å². The monoisotopic (exact) mass is 285 g/mol. The summed E-state index contributed by atoms with van der Waals surface area (Å²) < 4.78 is 0. The molecular formula is C17H19NO3. The number of hydrogen-bond donors (Lipinski definition) is 2. The van der Waals surface area contributed by atoms with E-state index in [-0.39, 0.29) is 11.8 Å². The van der Waals surface area contributed by atoms with E-state index >= 15 is 0 Å². The lowest BCUT2D eigenvalue weighted by atomic mass is 9.96. The summed E-state index contributed by atoms with van der Waals surface area (Å²) >= 11 is 0. The van der Waals surface area contributed by atoms with Gasteiger partial charge in [0.05, 0.1) is 5.41 Å². The summed E-state index contributed by atoms with van der Waals surface area (Å²) in [6, 6.07) is 7.33. The predicted molar refractivity (Wildman–Crippen MR) is 77.9 cm³/mol. The third-order valence-corrected chi connectivity index (χ3v) is 5.57. The number of carboxylic acids is 1. The molecule has 3 fully saturated rings. The highest BCUT2D eigenvalue weighted by Crippen LogP contribution is 2.57. The van der Waals surface area contributed by atoms with Crippen molar-refractivity contribution in [2.24, 2.45) is 17.8 Å². The molecule has 1 amide bonds. The molecule has 4 rings (SSSR count). The highest BCUT2D eigenvalue weighted by molar-refractivity contribution is 5.95. The zero-order chi connectivity index (χ0) is 14.6. The van der Waals surface area contributed by atoms with E-state index in [1.165, 1.54) is 19.3 Å². The first kappa shape index (κ1) is 12.9. The third kappa shape index (κ3) is 1.96. The molecule has 3 aliphatic carbocycles. The minimum Gasteiger partial charge on any atom is -0.481 e. The molecule has 1 aromatic carbocycles. The van der Waals surface area contributed by atoms with E-state index in [1.807, 2.05) is 24.3 Å². The van der Waals surface area contributed by atoms with Crippen molar-refractivity contribution in [3.05, 3.63) is 29.8 Å². The predicted octanol–water partition coefficient (Wildman–Crippen LogP) is 2.79. The second-order valence-electron chi connectivity index (χ2n) is 6.74. The second-order valence-corrected chi connectivity index (χ2v) is 6.74. The molecule has 0 saturated heterocycles. The van der Waals surface area contributed by atoms with Crippen LogP contribution in [0.25, 0.3) is 0 Å². The Kier molecular flexibility index (Phi) is 2.65. The number of hydrogen-bond acceptors (Lipinski definition) is 2. The number of amides is 1. The van der Waals surface area contributed by atoms with Crippen LogP contribution in [0, 0.1) is 17.8 Å². The van der Waals surface area contributed by atoms with Crippen LogP contribution in [0.4, 0.5) is 5.69 Å². The van der Waals surface area contributed by atoms with Crippen LogP contribution in [0.2, 0.25) is 0 Å². The Balaban J connectivity index is 1.43. The van der Waals surface area contributed by atoms with Crippen LogP contribution in [0.1, 0.15) is 37.7 Å². The summed E-state index contributed by atoms with van der Waals surface area (Å²) in [7, 11) is 0. The Morgan fingerprint density at radius 3 is 2.24 bits per heavy atom. The highest BCUT2D eigenvalue weighted by atomic mass is 16.4. The number of aliphatic carboxylic acids is 1. The van der Waals surface area contributed by atoms with Gasteiger partial charge in [-0.3, -0.25) is 9.59 Å². The number of rotatable bonds is 4. The second kappa shape index (κ2) is 4.33. The summed E-state index contributed by atoms with van der Waals surface area (Å²) in [4.78, 5) is 23.5. The Bertz CT molecular complexity index is 593. The van der Waals surface area contributed by atoms with Crippen LogP contribution in [0.5, 0.6) is 0 Å². The number of carbonyl (C=O) groups excluding carboxylic acids is 1. The molecule has 4 nitrogen and oxygen atoms in total. The molecule has 3 aliphatic rings. The lowest BCUT2D eigenvalue weighted by Gasteiger charge is -2.11. The van der Waals surface area contributed by atoms with Crippen molar-refractivity contribution >= 4 is 17.6 Å². The molecule has 0 aromatic heterocycles. The average Bonchev–Trinajstić information content (AvgIpc) is 3.37. The third-order valence-electron chi connectivity index (χ3n) is 5.57. The van der Waals surface area contributed by atoms with Gasteiger partial charge in [-0.1, -0.05) is 18.6 Å². The Labute approximate surface area is 123 Å². The standard InChI is InChI=1S/C17H19NO3/c19-15(14-12-2-1-3-13(12)14)18-11-6-4-10(5-7-11)17(8-9-17)16(20)21/h4-7,12-14H,1-3,8-9H2,(H,18,19)(H,20,21). The van der Waals surface area contributed by atoms with E-state index in [0.717, 1.165) is 11.3 Å². The van der Waals surface area contributed by atoms with Crippen molar-refractivity contribution in [3.8, 4) is 0 Å². The summed E-state index contributed by atoms with van der Waals surface area (Å²) in [5.74, 6) is 0.839. The van der Waals surface area contributed by atoms with Gasteiger partial charge in [0, 0.05) is 11.6 Å². The number of anilines is 1. The number of carbonyl (C=O) groups is 2. The Morgan fingerprint density at radius 2 is 1.71 bits per heavy atom. The zero-order valence-electron chi connectivity index (χ0n) is 11.8. The lowest BCUT2D eigenvalue weighted by molar-refractivity contribution is -0.140. The maximum atomic E-state index is 12.2. The molecule has 0 heterocycles. The fraction of sp³-hybridized carbons (Fsp3) is 0.529. The smallest absolute Gasteiger partial charge is 0.314 e. The normalized spacial score (nSPS) is 31.3. The zero-order valence-corrected chi connectivity index (χ0v) is 11.8. The maximum absolute atomic E-state index is 12.2. The Hall–Kier alpha value is -1.84. The van der Waals surface area contributed by atoms with Crippen molar-refractivity contribution in [2.45, 2.75) is 37.5 Å². The average molecular weight is 285 g/mol. The summed E-state index contributed by atoms with van der Waals surface area (Å²) in [6.07, 6.45) is 5.08. The quantitative estimate of drug-likeness (QED) is 0.894. The molecule has 1 aromatic rings. The number of nitrogens with one attached hydrogen (secondary N) is 1. The van der Waals surface area contributed by atoms with Crippen LogP contribution in [-0.2, 0) is 15.0 Å². The Morgan fingerprint density at radius 1 is 1.10 bits per heavy atom. The first-order valence-corrected chi connectivity index (χ1v) is 7.77. The summed E-state index contributed by atoms with van der Waals surface area (Å²) in [6.45, 7) is 0. The van der Waals surface area contributed by atoms with Gasteiger partial charge >= 0.3 is 5.97 Å². The van der Waals surface area contributed by atoms with E-state index in [1.54, 1.807) is 0 Å². The SMILES string of the molecule is O=C(Nc1ccc(C2(C(=O)O)CC2)cc1)C1C2CCCC21. The van der Waals surface area contributed by atoms with Crippen LogP contribution in [0.15, 0.2) is 24.3 Å².